The molecule has 5 rings (SSSR count). The van der Waals surface area contributed by atoms with E-state index in [1.807, 2.05) is 41.3 Å². The highest BCUT2D eigenvalue weighted by Gasteiger charge is 2.55. The Morgan fingerprint density at radius 2 is 1.67 bits per heavy atom. The molecule has 0 bridgehead atoms. The molecule has 6 heteroatoms. The molecule has 0 aromatic heterocycles. The third kappa shape index (κ3) is 3.90. The topological polar surface area (TPSA) is 67.9 Å². The number of benzene rings is 2. The van der Waals surface area contributed by atoms with Crippen LogP contribution >= 0.6 is 0 Å². The number of carbonyl (C=O) groups excluding carboxylic acids is 2. The average molecular weight is 449 g/mol. The molecule has 6 nitrogen and oxygen atoms in total. The summed E-state index contributed by atoms with van der Waals surface area (Å²) in [4.78, 5) is 27.8. The van der Waals surface area contributed by atoms with Crippen molar-refractivity contribution in [3.63, 3.8) is 0 Å². The van der Waals surface area contributed by atoms with Crippen molar-refractivity contribution in [2.24, 2.45) is 5.41 Å². The molecule has 1 heterocycles. The standard InChI is InChI=1S/C27H32N2O4/c1-26(12-13-26)25(31)29-16-14-27(15-17-29)21-11-7-6-10-20(21)23(24(27)32-2)28-22(30)18-33-19-8-4-3-5-9-19/h3-11,23-24H,12-18H2,1-2H3,(H,28,30)/t23-,24+/m1/s1. The summed E-state index contributed by atoms with van der Waals surface area (Å²) in [5.74, 6) is 0.785. The Labute approximate surface area is 195 Å². The molecule has 1 N–H and O–H groups in total. The lowest BCUT2D eigenvalue weighted by molar-refractivity contribution is -0.139. The van der Waals surface area contributed by atoms with E-state index in [1.54, 1.807) is 7.11 Å². The van der Waals surface area contributed by atoms with Gasteiger partial charge in [0, 0.05) is 31.0 Å². The number of hydrogen-bond acceptors (Lipinski definition) is 4. The van der Waals surface area contributed by atoms with E-state index in [1.165, 1.54) is 5.56 Å². The first-order valence-corrected chi connectivity index (χ1v) is 11.9. The fraction of sp³-hybridized carbons (Fsp3) is 0.481. The Morgan fingerprint density at radius 3 is 2.33 bits per heavy atom. The van der Waals surface area contributed by atoms with E-state index in [-0.39, 0.29) is 35.5 Å². The van der Waals surface area contributed by atoms with Crippen molar-refractivity contribution in [3.8, 4) is 5.75 Å². The highest BCUT2D eigenvalue weighted by molar-refractivity contribution is 5.85. The lowest BCUT2D eigenvalue weighted by Gasteiger charge is -2.44. The third-order valence-electron chi connectivity index (χ3n) is 7.82. The molecular weight excluding hydrogens is 416 g/mol. The minimum atomic E-state index is -0.249. The number of methoxy groups -OCH3 is 1. The summed E-state index contributed by atoms with van der Waals surface area (Å²) in [7, 11) is 1.72. The summed E-state index contributed by atoms with van der Waals surface area (Å²) in [6.45, 7) is 3.47. The normalized spacial score (nSPS) is 24.2. The molecule has 33 heavy (non-hydrogen) atoms. The molecule has 1 saturated heterocycles. The molecule has 2 aromatic carbocycles. The van der Waals surface area contributed by atoms with Crippen molar-refractivity contribution in [1.29, 1.82) is 0 Å². The number of para-hydroxylation sites is 1. The molecule has 3 aliphatic rings. The van der Waals surface area contributed by atoms with E-state index in [0.29, 0.717) is 11.7 Å². The number of likely N-dealkylation sites (tertiary alicyclic amines) is 1. The van der Waals surface area contributed by atoms with Crippen LogP contribution in [0.25, 0.3) is 0 Å². The van der Waals surface area contributed by atoms with Gasteiger partial charge in [0.05, 0.1) is 12.1 Å². The Bertz CT molecular complexity index is 1030. The molecule has 2 fully saturated rings. The highest BCUT2D eigenvalue weighted by atomic mass is 16.5. The second kappa shape index (κ2) is 8.49. The van der Waals surface area contributed by atoms with Crippen LogP contribution in [0.2, 0.25) is 0 Å². The van der Waals surface area contributed by atoms with Gasteiger partial charge in [0.2, 0.25) is 5.91 Å². The molecule has 1 spiro atoms. The maximum atomic E-state index is 12.9. The van der Waals surface area contributed by atoms with Gasteiger partial charge in [0.25, 0.3) is 5.91 Å². The largest absolute Gasteiger partial charge is 0.484 e. The first-order valence-electron chi connectivity index (χ1n) is 11.9. The molecule has 2 amide bonds. The third-order valence-corrected chi connectivity index (χ3v) is 7.82. The summed E-state index contributed by atoms with van der Waals surface area (Å²) in [5, 5.41) is 3.18. The fourth-order valence-electron chi connectivity index (χ4n) is 5.70. The van der Waals surface area contributed by atoms with Gasteiger partial charge < -0.3 is 19.7 Å². The van der Waals surface area contributed by atoms with Gasteiger partial charge in [0.15, 0.2) is 6.61 Å². The second-order valence-electron chi connectivity index (χ2n) is 9.90. The maximum Gasteiger partial charge on any atom is 0.258 e. The SMILES string of the molecule is CO[C@H]1[C@H](NC(=O)COc2ccccc2)c2ccccc2C12CCN(C(=O)C1(C)CC1)CC2. The van der Waals surface area contributed by atoms with Crippen molar-refractivity contribution in [3.05, 3.63) is 65.7 Å². The monoisotopic (exact) mass is 448 g/mol. The predicted molar refractivity (Wildman–Crippen MR) is 125 cm³/mol. The van der Waals surface area contributed by atoms with Crippen LogP contribution in [0.3, 0.4) is 0 Å². The van der Waals surface area contributed by atoms with Crippen LogP contribution in [0, 0.1) is 5.41 Å². The van der Waals surface area contributed by atoms with Gasteiger partial charge in [0.1, 0.15) is 5.75 Å². The first-order chi connectivity index (χ1) is 16.0. The number of piperidine rings is 1. The number of carbonyl (C=O) groups is 2. The molecule has 2 aromatic rings. The van der Waals surface area contributed by atoms with Gasteiger partial charge in [-0.1, -0.05) is 49.4 Å². The minimum absolute atomic E-state index is 0.0486. The number of amides is 2. The van der Waals surface area contributed by atoms with Gasteiger partial charge in [-0.15, -0.1) is 0 Å². The van der Waals surface area contributed by atoms with E-state index in [0.717, 1.165) is 44.3 Å². The number of nitrogens with zero attached hydrogens (tertiary/aromatic N) is 1. The Balaban J connectivity index is 1.33. The fourth-order valence-corrected chi connectivity index (χ4v) is 5.70. The summed E-state index contributed by atoms with van der Waals surface area (Å²) in [5.41, 5.74) is 1.97. The van der Waals surface area contributed by atoms with Crippen molar-refractivity contribution in [1.82, 2.24) is 10.2 Å². The Morgan fingerprint density at radius 1 is 1.00 bits per heavy atom. The Hall–Kier alpha value is -2.86. The molecular formula is C27H32N2O4. The number of hydrogen-bond donors (Lipinski definition) is 1. The van der Waals surface area contributed by atoms with Gasteiger partial charge in [-0.05, 0) is 48.9 Å². The van der Waals surface area contributed by atoms with Crippen LogP contribution < -0.4 is 10.1 Å². The molecule has 1 aliphatic heterocycles. The van der Waals surface area contributed by atoms with E-state index in [4.69, 9.17) is 9.47 Å². The molecule has 2 aliphatic carbocycles. The van der Waals surface area contributed by atoms with Crippen LogP contribution in [0.1, 0.15) is 49.8 Å². The van der Waals surface area contributed by atoms with Crippen LogP contribution in [-0.2, 0) is 19.7 Å². The predicted octanol–water partition coefficient (Wildman–Crippen LogP) is 3.61. The van der Waals surface area contributed by atoms with Gasteiger partial charge in [-0.2, -0.15) is 0 Å². The average Bonchev–Trinajstić information content (AvgIpc) is 3.56. The number of nitrogens with one attached hydrogen (secondary N) is 1. The van der Waals surface area contributed by atoms with Crippen LogP contribution in [0.4, 0.5) is 0 Å². The van der Waals surface area contributed by atoms with Crippen LogP contribution in [0.15, 0.2) is 54.6 Å². The Kier molecular flexibility index (Phi) is 5.65. The number of fused-ring (bicyclic) bond motifs is 2. The van der Waals surface area contributed by atoms with Crippen molar-refractivity contribution in [2.45, 2.75) is 50.2 Å². The highest BCUT2D eigenvalue weighted by Crippen LogP contribution is 2.53. The number of rotatable bonds is 6. The van der Waals surface area contributed by atoms with Crippen LogP contribution in [0.5, 0.6) is 5.75 Å². The summed E-state index contributed by atoms with van der Waals surface area (Å²) < 4.78 is 11.7. The summed E-state index contributed by atoms with van der Waals surface area (Å²) >= 11 is 0. The van der Waals surface area contributed by atoms with E-state index in [2.05, 4.69) is 30.4 Å². The minimum Gasteiger partial charge on any atom is -0.484 e. The number of ether oxygens (including phenoxy) is 2. The van der Waals surface area contributed by atoms with Crippen molar-refractivity contribution in [2.75, 3.05) is 26.8 Å². The zero-order chi connectivity index (χ0) is 23.1. The van der Waals surface area contributed by atoms with Crippen LogP contribution in [-0.4, -0.2) is 49.6 Å². The van der Waals surface area contributed by atoms with Crippen molar-refractivity contribution >= 4 is 11.8 Å². The molecule has 0 radical (unpaired) electrons. The summed E-state index contributed by atoms with van der Waals surface area (Å²) in [6, 6.07) is 17.4. The second-order valence-corrected chi connectivity index (χ2v) is 9.90. The molecule has 1 saturated carbocycles. The van der Waals surface area contributed by atoms with E-state index < -0.39 is 0 Å². The van der Waals surface area contributed by atoms with Gasteiger partial charge in [-0.3, -0.25) is 9.59 Å². The molecule has 174 valence electrons. The first kappa shape index (κ1) is 22.0. The van der Waals surface area contributed by atoms with E-state index in [9.17, 15) is 9.59 Å². The lowest BCUT2D eigenvalue weighted by Crippen LogP contribution is -2.52. The summed E-state index contributed by atoms with van der Waals surface area (Å²) in [6.07, 6.45) is 3.46. The van der Waals surface area contributed by atoms with E-state index >= 15 is 0 Å². The zero-order valence-corrected chi connectivity index (χ0v) is 19.4. The van der Waals surface area contributed by atoms with Gasteiger partial charge >= 0.3 is 0 Å². The lowest BCUT2D eigenvalue weighted by atomic mass is 9.71. The quantitative estimate of drug-likeness (QED) is 0.733. The molecule has 0 unspecified atom stereocenters. The molecule has 2 atom stereocenters. The zero-order valence-electron chi connectivity index (χ0n) is 19.4. The smallest absolute Gasteiger partial charge is 0.258 e. The maximum absolute atomic E-state index is 12.9. The van der Waals surface area contributed by atoms with Gasteiger partial charge in [-0.25, -0.2) is 0 Å². The van der Waals surface area contributed by atoms with Crippen molar-refractivity contribution < 1.29 is 19.1 Å².